The highest BCUT2D eigenvalue weighted by atomic mass is 16.1. The van der Waals surface area contributed by atoms with Crippen LogP contribution in [0.3, 0.4) is 0 Å². The molecule has 2 rings (SSSR count). The highest BCUT2D eigenvalue weighted by Crippen LogP contribution is 2.20. The summed E-state index contributed by atoms with van der Waals surface area (Å²) in [7, 11) is 0. The topological polar surface area (TPSA) is 56.0 Å². The zero-order valence-corrected chi connectivity index (χ0v) is 12.7. The molecule has 0 aliphatic heterocycles. The van der Waals surface area contributed by atoms with Crippen LogP contribution in [0.25, 0.3) is 10.9 Å². The Morgan fingerprint density at radius 3 is 2.86 bits per heavy atom. The molecule has 0 bridgehead atoms. The molecule has 2 N–H and O–H groups in total. The van der Waals surface area contributed by atoms with E-state index in [2.05, 4.69) is 11.9 Å². The fraction of sp³-hybridized carbons (Fsp3) is 0.444. The van der Waals surface area contributed by atoms with E-state index in [-0.39, 0.29) is 5.78 Å². The molecule has 112 valence electrons. The Kier molecular flexibility index (Phi) is 5.88. The van der Waals surface area contributed by atoms with Gasteiger partial charge in [-0.25, -0.2) is 0 Å². The number of Topliss-reactive ketones (excluding diaryl/α,β-unsaturated/α-hetero) is 1. The van der Waals surface area contributed by atoms with Crippen molar-refractivity contribution in [2.45, 2.75) is 39.0 Å². The van der Waals surface area contributed by atoms with Crippen molar-refractivity contribution >= 4 is 16.7 Å². The predicted molar refractivity (Wildman–Crippen MR) is 87.4 cm³/mol. The Hall–Kier alpha value is -1.74. The fourth-order valence-corrected chi connectivity index (χ4v) is 2.80. The number of pyridine rings is 1. The molecule has 1 atom stereocenters. The number of benzene rings is 1. The first kappa shape index (κ1) is 15.6. The summed E-state index contributed by atoms with van der Waals surface area (Å²) < 4.78 is 0. The molecule has 1 aromatic heterocycles. The second-order valence-electron chi connectivity index (χ2n) is 5.60. The number of nitrogens with zero attached hydrogens (tertiary/aromatic N) is 1. The van der Waals surface area contributed by atoms with E-state index in [1.807, 2.05) is 30.3 Å². The molecule has 0 radical (unpaired) electrons. The van der Waals surface area contributed by atoms with Gasteiger partial charge in [-0.3, -0.25) is 9.78 Å². The third-order valence-corrected chi connectivity index (χ3v) is 3.98. The van der Waals surface area contributed by atoms with Crippen molar-refractivity contribution in [2.24, 2.45) is 11.7 Å². The standard InChI is InChI=1S/C18H24N2O/c1-2-4-14(10-11-19)6-9-18(21)16-8-7-15-5-3-12-20-17(15)13-16/h3,5,7-8,12-14H,2,4,6,9-11,19H2,1H3. The molecule has 0 aliphatic rings. The number of nitrogens with two attached hydrogens (primary N) is 1. The van der Waals surface area contributed by atoms with Gasteiger partial charge in [0, 0.05) is 23.6 Å². The molecular weight excluding hydrogens is 260 g/mol. The molecule has 0 spiro atoms. The van der Waals surface area contributed by atoms with E-state index in [0.29, 0.717) is 18.9 Å². The number of fused-ring (bicyclic) bond motifs is 1. The van der Waals surface area contributed by atoms with Crippen LogP contribution in [-0.2, 0) is 0 Å². The Balaban J connectivity index is 2.01. The monoisotopic (exact) mass is 284 g/mol. The summed E-state index contributed by atoms with van der Waals surface area (Å²) in [6.07, 6.45) is 6.62. The lowest BCUT2D eigenvalue weighted by Crippen LogP contribution is -2.11. The number of hydrogen-bond donors (Lipinski definition) is 1. The largest absolute Gasteiger partial charge is 0.330 e. The summed E-state index contributed by atoms with van der Waals surface area (Å²) >= 11 is 0. The summed E-state index contributed by atoms with van der Waals surface area (Å²) in [6, 6.07) is 9.69. The summed E-state index contributed by atoms with van der Waals surface area (Å²) in [5.41, 5.74) is 7.30. The van der Waals surface area contributed by atoms with Crippen molar-refractivity contribution in [3.63, 3.8) is 0 Å². The average molecular weight is 284 g/mol. The number of rotatable bonds is 8. The zero-order valence-electron chi connectivity index (χ0n) is 12.7. The van der Waals surface area contributed by atoms with Crippen LogP contribution in [0.4, 0.5) is 0 Å². The van der Waals surface area contributed by atoms with Gasteiger partial charge in [0.05, 0.1) is 5.52 Å². The van der Waals surface area contributed by atoms with Gasteiger partial charge >= 0.3 is 0 Å². The summed E-state index contributed by atoms with van der Waals surface area (Å²) in [5, 5.41) is 1.07. The quantitative estimate of drug-likeness (QED) is 0.746. The normalized spacial score (nSPS) is 12.5. The summed E-state index contributed by atoms with van der Waals surface area (Å²) in [6.45, 7) is 2.89. The van der Waals surface area contributed by atoms with Crippen LogP contribution < -0.4 is 5.73 Å². The predicted octanol–water partition coefficient (Wildman–Crippen LogP) is 3.96. The molecular formula is C18H24N2O. The van der Waals surface area contributed by atoms with Gasteiger partial charge in [0.15, 0.2) is 5.78 Å². The molecule has 0 fully saturated rings. The van der Waals surface area contributed by atoms with E-state index in [9.17, 15) is 4.79 Å². The summed E-state index contributed by atoms with van der Waals surface area (Å²) in [4.78, 5) is 16.7. The molecule has 3 heteroatoms. The molecule has 1 unspecified atom stereocenters. The van der Waals surface area contributed by atoms with Crippen LogP contribution in [0.5, 0.6) is 0 Å². The molecule has 1 heterocycles. The average Bonchev–Trinajstić information content (AvgIpc) is 2.52. The van der Waals surface area contributed by atoms with Gasteiger partial charge in [0.2, 0.25) is 0 Å². The van der Waals surface area contributed by atoms with Crippen LogP contribution in [0, 0.1) is 5.92 Å². The third kappa shape index (κ3) is 4.36. The maximum absolute atomic E-state index is 12.3. The Bertz CT molecular complexity index is 589. The number of carbonyl (C=O) groups excluding carboxylic acids is 1. The van der Waals surface area contributed by atoms with E-state index < -0.39 is 0 Å². The van der Waals surface area contributed by atoms with E-state index in [1.165, 1.54) is 0 Å². The van der Waals surface area contributed by atoms with Crippen molar-refractivity contribution in [2.75, 3.05) is 6.54 Å². The first-order valence-corrected chi connectivity index (χ1v) is 7.82. The molecule has 0 saturated carbocycles. The fourth-order valence-electron chi connectivity index (χ4n) is 2.80. The molecule has 21 heavy (non-hydrogen) atoms. The van der Waals surface area contributed by atoms with Gasteiger partial charge in [0.25, 0.3) is 0 Å². The van der Waals surface area contributed by atoms with Crippen LogP contribution in [0.2, 0.25) is 0 Å². The van der Waals surface area contributed by atoms with Crippen molar-refractivity contribution < 1.29 is 4.79 Å². The lowest BCUT2D eigenvalue weighted by molar-refractivity contribution is 0.0972. The number of carbonyl (C=O) groups is 1. The van der Waals surface area contributed by atoms with Crippen LogP contribution in [-0.4, -0.2) is 17.3 Å². The number of ketones is 1. The van der Waals surface area contributed by atoms with Crippen molar-refractivity contribution in [1.82, 2.24) is 4.98 Å². The molecule has 1 aromatic carbocycles. The van der Waals surface area contributed by atoms with Crippen molar-refractivity contribution in [1.29, 1.82) is 0 Å². The van der Waals surface area contributed by atoms with Gasteiger partial charge in [0.1, 0.15) is 0 Å². The minimum Gasteiger partial charge on any atom is -0.330 e. The van der Waals surface area contributed by atoms with E-state index >= 15 is 0 Å². The zero-order chi connectivity index (χ0) is 15.1. The highest BCUT2D eigenvalue weighted by molar-refractivity contribution is 5.99. The highest BCUT2D eigenvalue weighted by Gasteiger charge is 2.12. The van der Waals surface area contributed by atoms with E-state index in [4.69, 9.17) is 5.73 Å². The van der Waals surface area contributed by atoms with Crippen molar-refractivity contribution in [3.8, 4) is 0 Å². The molecule has 0 amide bonds. The van der Waals surface area contributed by atoms with E-state index in [1.54, 1.807) is 6.20 Å². The van der Waals surface area contributed by atoms with Crippen molar-refractivity contribution in [3.05, 3.63) is 42.1 Å². The number of hydrogen-bond acceptors (Lipinski definition) is 3. The minimum atomic E-state index is 0.209. The number of aromatic nitrogens is 1. The molecule has 2 aromatic rings. The van der Waals surface area contributed by atoms with Gasteiger partial charge < -0.3 is 5.73 Å². The molecule has 3 nitrogen and oxygen atoms in total. The van der Waals surface area contributed by atoms with Crippen LogP contribution in [0.1, 0.15) is 49.4 Å². The van der Waals surface area contributed by atoms with E-state index in [0.717, 1.165) is 42.1 Å². The second kappa shape index (κ2) is 7.89. The Morgan fingerprint density at radius 2 is 2.10 bits per heavy atom. The SMILES string of the molecule is CCCC(CCN)CCC(=O)c1ccc2cccnc2c1. The van der Waals surface area contributed by atoms with Gasteiger partial charge in [-0.1, -0.05) is 38.0 Å². The Labute approximate surface area is 126 Å². The molecule has 0 aliphatic carbocycles. The Morgan fingerprint density at radius 1 is 1.24 bits per heavy atom. The van der Waals surface area contributed by atoms with Gasteiger partial charge in [-0.15, -0.1) is 0 Å². The summed E-state index contributed by atoms with van der Waals surface area (Å²) in [5.74, 6) is 0.781. The smallest absolute Gasteiger partial charge is 0.162 e. The maximum atomic E-state index is 12.3. The minimum absolute atomic E-state index is 0.209. The van der Waals surface area contributed by atoms with Gasteiger partial charge in [-0.05, 0) is 37.4 Å². The van der Waals surface area contributed by atoms with Crippen LogP contribution >= 0.6 is 0 Å². The van der Waals surface area contributed by atoms with Crippen LogP contribution in [0.15, 0.2) is 36.5 Å². The second-order valence-corrected chi connectivity index (χ2v) is 5.60. The van der Waals surface area contributed by atoms with Gasteiger partial charge in [-0.2, -0.15) is 0 Å². The first-order chi connectivity index (χ1) is 10.2. The lowest BCUT2D eigenvalue weighted by atomic mass is 9.92. The molecule has 0 saturated heterocycles. The third-order valence-electron chi connectivity index (χ3n) is 3.98. The maximum Gasteiger partial charge on any atom is 0.162 e. The lowest BCUT2D eigenvalue weighted by Gasteiger charge is -2.14. The first-order valence-electron chi connectivity index (χ1n) is 7.82.